The Balaban J connectivity index is 1.60. The molecule has 21 heavy (non-hydrogen) atoms. The predicted molar refractivity (Wildman–Crippen MR) is 75.1 cm³/mol. The highest BCUT2D eigenvalue weighted by Gasteiger charge is 2.40. The predicted octanol–water partition coefficient (Wildman–Crippen LogP) is 1.02. The molecule has 1 aliphatic carbocycles. The van der Waals surface area contributed by atoms with E-state index in [1.165, 1.54) is 12.3 Å². The number of amides is 1. The maximum Gasteiger partial charge on any atom is 0.287 e. The van der Waals surface area contributed by atoms with Gasteiger partial charge in [0.05, 0.1) is 11.1 Å². The lowest BCUT2D eigenvalue weighted by atomic mass is 10.0. The first-order valence-electron chi connectivity index (χ1n) is 7.49. The number of nitrogens with one attached hydrogen (secondary N) is 1. The van der Waals surface area contributed by atoms with Gasteiger partial charge >= 0.3 is 0 Å². The van der Waals surface area contributed by atoms with Gasteiger partial charge in [-0.15, -0.1) is 0 Å². The Morgan fingerprint density at radius 3 is 2.52 bits per heavy atom. The van der Waals surface area contributed by atoms with E-state index in [1.807, 2.05) is 9.47 Å². The molecule has 1 N–H and O–H groups in total. The number of aromatic nitrogens is 1. The van der Waals surface area contributed by atoms with Crippen molar-refractivity contribution in [2.75, 3.05) is 26.2 Å². The van der Waals surface area contributed by atoms with Crippen molar-refractivity contribution in [2.24, 2.45) is 11.8 Å². The van der Waals surface area contributed by atoms with E-state index in [2.05, 4.69) is 5.32 Å². The first kappa shape index (κ1) is 12.8. The highest BCUT2D eigenvalue weighted by molar-refractivity contribution is 5.94. The smallest absolute Gasteiger partial charge is 0.287 e. The summed E-state index contributed by atoms with van der Waals surface area (Å²) in [5.74, 6) is 1.02. The number of nitro groups is 1. The standard InChI is InChI=1S/C14H18N4O3/c19-14(16-6-9-4-15-5-10(9)7-16)13-3-12(18(20)21)8-17(13)11-1-2-11/h3,8-11,15H,1-2,4-7H2. The van der Waals surface area contributed by atoms with E-state index in [1.54, 1.807) is 0 Å². The fraction of sp³-hybridized carbons (Fsp3) is 0.643. The van der Waals surface area contributed by atoms with Crippen LogP contribution in [0.3, 0.4) is 0 Å². The van der Waals surface area contributed by atoms with Gasteiger partial charge in [0, 0.05) is 38.3 Å². The molecule has 1 aromatic heterocycles. The molecule has 7 heteroatoms. The van der Waals surface area contributed by atoms with E-state index in [0.717, 1.165) is 39.0 Å². The van der Waals surface area contributed by atoms with Gasteiger partial charge in [0.1, 0.15) is 5.69 Å². The van der Waals surface area contributed by atoms with Crippen molar-refractivity contribution < 1.29 is 9.72 Å². The minimum atomic E-state index is -0.418. The van der Waals surface area contributed by atoms with Crippen LogP contribution in [0.25, 0.3) is 0 Å². The van der Waals surface area contributed by atoms with Crippen molar-refractivity contribution in [3.05, 3.63) is 28.1 Å². The third-order valence-electron chi connectivity index (χ3n) is 4.88. The summed E-state index contributed by atoms with van der Waals surface area (Å²) in [4.78, 5) is 25.2. The summed E-state index contributed by atoms with van der Waals surface area (Å²) < 4.78 is 1.81. The Labute approximate surface area is 122 Å². The van der Waals surface area contributed by atoms with Gasteiger partial charge in [-0.3, -0.25) is 14.9 Å². The highest BCUT2D eigenvalue weighted by atomic mass is 16.6. The number of carbonyl (C=O) groups is 1. The molecule has 1 aromatic rings. The molecule has 2 saturated heterocycles. The van der Waals surface area contributed by atoms with Gasteiger partial charge in [0.25, 0.3) is 11.6 Å². The summed E-state index contributed by atoms with van der Waals surface area (Å²) >= 11 is 0. The number of nitrogens with zero attached hydrogens (tertiary/aromatic N) is 3. The van der Waals surface area contributed by atoms with Crippen LogP contribution in [0, 0.1) is 22.0 Å². The molecule has 7 nitrogen and oxygen atoms in total. The van der Waals surface area contributed by atoms with Crippen LogP contribution in [0.1, 0.15) is 29.4 Å². The van der Waals surface area contributed by atoms with E-state index < -0.39 is 4.92 Å². The molecular formula is C14H18N4O3. The summed E-state index contributed by atoms with van der Waals surface area (Å²) in [6.45, 7) is 3.47. The van der Waals surface area contributed by atoms with E-state index >= 15 is 0 Å². The summed E-state index contributed by atoms with van der Waals surface area (Å²) in [6.07, 6.45) is 3.52. The van der Waals surface area contributed by atoms with Gasteiger partial charge in [-0.2, -0.15) is 0 Å². The Bertz CT molecular complexity index is 595. The zero-order valence-corrected chi connectivity index (χ0v) is 11.7. The summed E-state index contributed by atoms with van der Waals surface area (Å²) in [7, 11) is 0. The second-order valence-electron chi connectivity index (χ2n) is 6.37. The zero-order chi connectivity index (χ0) is 14.6. The van der Waals surface area contributed by atoms with Crippen LogP contribution >= 0.6 is 0 Å². The fourth-order valence-electron chi connectivity index (χ4n) is 3.57. The number of hydrogen-bond donors (Lipinski definition) is 1. The first-order valence-corrected chi connectivity index (χ1v) is 7.49. The lowest BCUT2D eigenvalue weighted by Crippen LogP contribution is -2.33. The van der Waals surface area contributed by atoms with Crippen LogP contribution in [0.4, 0.5) is 5.69 Å². The second-order valence-corrected chi connectivity index (χ2v) is 6.37. The number of fused-ring (bicyclic) bond motifs is 1. The molecule has 2 aliphatic heterocycles. The average molecular weight is 290 g/mol. The molecule has 1 saturated carbocycles. The van der Waals surface area contributed by atoms with Crippen LogP contribution in [-0.2, 0) is 0 Å². The molecule has 3 heterocycles. The molecule has 4 rings (SSSR count). The number of hydrogen-bond acceptors (Lipinski definition) is 4. The van der Waals surface area contributed by atoms with Gasteiger partial charge in [0.2, 0.25) is 0 Å². The van der Waals surface area contributed by atoms with E-state index in [0.29, 0.717) is 17.5 Å². The normalized spacial score (nSPS) is 27.9. The quantitative estimate of drug-likeness (QED) is 0.666. The molecule has 0 radical (unpaired) electrons. The van der Waals surface area contributed by atoms with Crippen molar-refractivity contribution in [1.29, 1.82) is 0 Å². The molecule has 0 aromatic carbocycles. The van der Waals surface area contributed by atoms with Crippen molar-refractivity contribution in [2.45, 2.75) is 18.9 Å². The Hall–Kier alpha value is -1.89. The van der Waals surface area contributed by atoms with Gasteiger partial charge < -0.3 is 14.8 Å². The van der Waals surface area contributed by atoms with Crippen LogP contribution in [0.5, 0.6) is 0 Å². The third kappa shape index (κ3) is 2.12. The summed E-state index contributed by atoms with van der Waals surface area (Å²) in [5, 5.41) is 14.3. The number of rotatable bonds is 3. The minimum Gasteiger partial charge on any atom is -0.337 e. The van der Waals surface area contributed by atoms with E-state index in [4.69, 9.17) is 0 Å². The van der Waals surface area contributed by atoms with Crippen LogP contribution in [-0.4, -0.2) is 46.5 Å². The largest absolute Gasteiger partial charge is 0.337 e. The molecule has 2 unspecified atom stereocenters. The SMILES string of the molecule is O=C(c1cc([N+](=O)[O-])cn1C1CC1)N1CC2CNCC2C1. The zero-order valence-electron chi connectivity index (χ0n) is 11.7. The maximum atomic E-state index is 12.7. The van der Waals surface area contributed by atoms with Crippen molar-refractivity contribution >= 4 is 11.6 Å². The van der Waals surface area contributed by atoms with E-state index in [9.17, 15) is 14.9 Å². The number of likely N-dealkylation sites (tertiary alicyclic amines) is 1. The third-order valence-corrected chi connectivity index (χ3v) is 4.88. The molecule has 3 fully saturated rings. The number of carbonyl (C=O) groups excluding carboxylic acids is 1. The first-order chi connectivity index (χ1) is 10.1. The lowest BCUT2D eigenvalue weighted by Gasteiger charge is -2.18. The summed E-state index contributed by atoms with van der Waals surface area (Å²) in [6, 6.07) is 1.70. The average Bonchev–Trinajstić information content (AvgIpc) is 2.89. The molecule has 0 spiro atoms. The van der Waals surface area contributed by atoms with Crippen LogP contribution in [0.15, 0.2) is 12.3 Å². The van der Waals surface area contributed by atoms with Crippen molar-refractivity contribution in [1.82, 2.24) is 14.8 Å². The molecule has 2 atom stereocenters. The Morgan fingerprint density at radius 2 is 1.95 bits per heavy atom. The fourth-order valence-corrected chi connectivity index (χ4v) is 3.57. The minimum absolute atomic E-state index is 0.0197. The van der Waals surface area contributed by atoms with Gasteiger partial charge in [-0.25, -0.2) is 0 Å². The van der Waals surface area contributed by atoms with Crippen molar-refractivity contribution in [3.63, 3.8) is 0 Å². The van der Waals surface area contributed by atoms with Gasteiger partial charge in [0.15, 0.2) is 0 Å². The van der Waals surface area contributed by atoms with Gasteiger partial charge in [-0.05, 0) is 24.7 Å². The van der Waals surface area contributed by atoms with Crippen LogP contribution in [0.2, 0.25) is 0 Å². The second kappa shape index (κ2) is 4.56. The lowest BCUT2D eigenvalue weighted by molar-refractivity contribution is -0.384. The Morgan fingerprint density at radius 1 is 1.29 bits per heavy atom. The van der Waals surface area contributed by atoms with Gasteiger partial charge in [-0.1, -0.05) is 0 Å². The molecule has 3 aliphatic rings. The van der Waals surface area contributed by atoms with E-state index in [-0.39, 0.29) is 17.6 Å². The Kier molecular flexibility index (Phi) is 2.78. The molecule has 1 amide bonds. The topological polar surface area (TPSA) is 80.4 Å². The van der Waals surface area contributed by atoms with Crippen molar-refractivity contribution in [3.8, 4) is 0 Å². The summed E-state index contributed by atoms with van der Waals surface area (Å²) in [5.41, 5.74) is 0.503. The van der Waals surface area contributed by atoms with Crippen LogP contribution < -0.4 is 5.32 Å². The monoisotopic (exact) mass is 290 g/mol. The molecular weight excluding hydrogens is 272 g/mol. The molecule has 112 valence electrons. The maximum absolute atomic E-state index is 12.7. The highest BCUT2D eigenvalue weighted by Crippen LogP contribution is 2.38. The molecule has 0 bridgehead atoms.